The van der Waals surface area contributed by atoms with Crippen molar-refractivity contribution >= 4 is 23.1 Å². The van der Waals surface area contributed by atoms with Crippen molar-refractivity contribution in [1.82, 2.24) is 0 Å². The van der Waals surface area contributed by atoms with Crippen LogP contribution in [0.5, 0.6) is 11.5 Å². The predicted octanol–water partition coefficient (Wildman–Crippen LogP) is 3.84. The first-order valence-corrected chi connectivity index (χ1v) is 9.25. The summed E-state index contributed by atoms with van der Waals surface area (Å²) in [5.74, 6) is -1.15. The summed E-state index contributed by atoms with van der Waals surface area (Å²) in [4.78, 5) is 48.3. The Morgan fingerprint density at radius 2 is 0.931 bits per heavy atom. The maximum atomic E-state index is 12.1. The highest BCUT2D eigenvalue weighted by atomic mass is 16.5. The minimum atomic E-state index is -0.762. The fraction of sp³-hybridized carbons (Fsp3) is 0.167. The number of allylic oxidation sites excluding steroid dienone is 4. The largest absolute Gasteiger partial charge is 0.457 e. The van der Waals surface area contributed by atoms with Crippen LogP contribution in [0.15, 0.2) is 71.8 Å². The van der Waals surface area contributed by atoms with Gasteiger partial charge in [0.25, 0.3) is 0 Å². The van der Waals surface area contributed by atoms with Gasteiger partial charge in [0.2, 0.25) is 0 Å². The molecule has 0 spiro atoms. The average Bonchev–Trinajstić information content (AvgIpc) is 3.10. The van der Waals surface area contributed by atoms with Crippen LogP contribution < -0.4 is 4.74 Å². The second-order valence-corrected chi connectivity index (χ2v) is 7.29. The molecular weight excluding hydrogens is 368 g/mol. The van der Waals surface area contributed by atoms with Crippen LogP contribution in [0.3, 0.4) is 0 Å². The molecule has 4 rings (SSSR count). The van der Waals surface area contributed by atoms with Gasteiger partial charge in [-0.25, -0.2) is 0 Å². The van der Waals surface area contributed by atoms with Crippen molar-refractivity contribution in [2.75, 3.05) is 0 Å². The number of benzene rings is 2. The lowest BCUT2D eigenvalue weighted by Crippen LogP contribution is -2.14. The summed E-state index contributed by atoms with van der Waals surface area (Å²) in [5.41, 5.74) is 2.23. The highest BCUT2D eigenvalue weighted by Crippen LogP contribution is 2.32. The van der Waals surface area contributed by atoms with Gasteiger partial charge in [0.15, 0.2) is 23.1 Å². The van der Waals surface area contributed by atoms with Gasteiger partial charge in [0.1, 0.15) is 23.3 Å². The van der Waals surface area contributed by atoms with Crippen LogP contribution in [0, 0.1) is 0 Å². The third-order valence-corrected chi connectivity index (χ3v) is 5.25. The quantitative estimate of drug-likeness (QED) is 0.746. The number of hydrogen-bond donors (Lipinski definition) is 0. The smallest absolute Gasteiger partial charge is 0.173 e. The summed E-state index contributed by atoms with van der Waals surface area (Å²) in [6, 6.07) is 13.6. The summed E-state index contributed by atoms with van der Waals surface area (Å²) < 4.78 is 5.80. The Balaban J connectivity index is 1.46. The van der Waals surface area contributed by atoms with Crippen LogP contribution in [-0.4, -0.2) is 23.1 Å². The fourth-order valence-corrected chi connectivity index (χ4v) is 3.67. The van der Waals surface area contributed by atoms with Crippen molar-refractivity contribution < 1.29 is 23.9 Å². The van der Waals surface area contributed by atoms with Crippen LogP contribution in [0.25, 0.3) is 0 Å². The summed E-state index contributed by atoms with van der Waals surface area (Å²) in [5, 5.41) is 0. The topological polar surface area (TPSA) is 77.5 Å². The molecule has 144 valence electrons. The van der Waals surface area contributed by atoms with Gasteiger partial charge in [0, 0.05) is 0 Å². The minimum Gasteiger partial charge on any atom is -0.457 e. The Hall–Kier alpha value is -3.60. The van der Waals surface area contributed by atoms with Crippen LogP contribution in [0.1, 0.15) is 36.8 Å². The van der Waals surface area contributed by atoms with E-state index in [-0.39, 0.29) is 23.1 Å². The third kappa shape index (κ3) is 3.36. The van der Waals surface area contributed by atoms with Crippen LogP contribution in [0.2, 0.25) is 0 Å². The molecule has 2 aliphatic carbocycles. The van der Waals surface area contributed by atoms with Gasteiger partial charge in [0.05, 0.1) is 0 Å². The first kappa shape index (κ1) is 18.7. The molecule has 29 heavy (non-hydrogen) atoms. The minimum absolute atomic E-state index is 0.167. The zero-order valence-electron chi connectivity index (χ0n) is 16.0. The molecule has 2 aliphatic rings. The first-order valence-electron chi connectivity index (χ1n) is 9.25. The highest BCUT2D eigenvalue weighted by molar-refractivity contribution is 6.25. The molecule has 0 amide bonds. The van der Waals surface area contributed by atoms with Crippen LogP contribution in [0.4, 0.5) is 0 Å². The molecule has 2 unspecified atom stereocenters. The van der Waals surface area contributed by atoms with E-state index in [9.17, 15) is 19.2 Å². The number of rotatable bonds is 4. The summed E-state index contributed by atoms with van der Waals surface area (Å²) >= 11 is 0. The molecule has 5 heteroatoms. The van der Waals surface area contributed by atoms with Crippen LogP contribution in [-0.2, 0) is 19.2 Å². The Morgan fingerprint density at radius 1 is 0.586 bits per heavy atom. The van der Waals surface area contributed by atoms with E-state index >= 15 is 0 Å². The molecule has 0 N–H and O–H groups in total. The molecule has 2 aromatic rings. The van der Waals surface area contributed by atoms with Gasteiger partial charge in [-0.1, -0.05) is 24.3 Å². The Labute approximate surface area is 167 Å². The number of ketones is 4. The van der Waals surface area contributed by atoms with Gasteiger partial charge in [-0.2, -0.15) is 0 Å². The second kappa shape index (κ2) is 7.09. The maximum absolute atomic E-state index is 12.1. The monoisotopic (exact) mass is 386 g/mol. The molecule has 0 saturated carbocycles. The van der Waals surface area contributed by atoms with E-state index in [2.05, 4.69) is 0 Å². The highest BCUT2D eigenvalue weighted by Gasteiger charge is 2.34. The zero-order valence-corrected chi connectivity index (χ0v) is 16.0. The average molecular weight is 386 g/mol. The SMILES string of the molecule is CC1=CC(=O)C(c2ccc(Oc3ccc(C4C(=O)C=C(C)C4=O)cc3)cc2)C1=O. The maximum Gasteiger partial charge on any atom is 0.173 e. The number of carbonyl (C=O) groups excluding carboxylic acids is 4. The van der Waals surface area contributed by atoms with Crippen molar-refractivity contribution in [3.63, 3.8) is 0 Å². The molecule has 0 saturated heterocycles. The molecule has 0 bridgehead atoms. The Bertz CT molecular complexity index is 1010. The normalized spacial score (nSPS) is 21.4. The third-order valence-electron chi connectivity index (χ3n) is 5.25. The van der Waals surface area contributed by atoms with Crippen molar-refractivity contribution in [1.29, 1.82) is 0 Å². The standard InChI is InChI=1S/C24H18O5/c1-13-11-19(25)21(23(13)27)15-3-7-17(8-4-15)29-18-9-5-16(6-10-18)22-20(26)12-14(2)24(22)28/h3-12,21-22H,1-2H3. The lowest BCUT2D eigenvalue weighted by atomic mass is 9.94. The van der Waals surface area contributed by atoms with E-state index in [0.717, 1.165) is 0 Å². The van der Waals surface area contributed by atoms with Gasteiger partial charge < -0.3 is 4.74 Å². The van der Waals surface area contributed by atoms with E-state index in [1.807, 2.05) is 0 Å². The van der Waals surface area contributed by atoms with E-state index < -0.39 is 11.8 Å². The molecule has 2 aromatic carbocycles. The van der Waals surface area contributed by atoms with Crippen molar-refractivity contribution in [3.05, 3.63) is 83.0 Å². The van der Waals surface area contributed by atoms with Crippen molar-refractivity contribution in [2.24, 2.45) is 0 Å². The predicted molar refractivity (Wildman–Crippen MR) is 106 cm³/mol. The Morgan fingerprint density at radius 3 is 1.21 bits per heavy atom. The van der Waals surface area contributed by atoms with E-state index in [0.29, 0.717) is 33.8 Å². The van der Waals surface area contributed by atoms with Gasteiger partial charge in [-0.05, 0) is 72.5 Å². The molecule has 0 aromatic heterocycles. The van der Waals surface area contributed by atoms with Gasteiger partial charge in [-0.15, -0.1) is 0 Å². The number of Topliss-reactive ketones (excluding diaryl/α,β-unsaturated/α-hetero) is 2. The molecular formula is C24H18O5. The molecule has 2 atom stereocenters. The van der Waals surface area contributed by atoms with E-state index in [1.165, 1.54) is 12.2 Å². The lowest BCUT2D eigenvalue weighted by molar-refractivity contribution is -0.124. The van der Waals surface area contributed by atoms with E-state index in [4.69, 9.17) is 4.74 Å². The van der Waals surface area contributed by atoms with Gasteiger partial charge in [-0.3, -0.25) is 19.2 Å². The van der Waals surface area contributed by atoms with E-state index in [1.54, 1.807) is 62.4 Å². The van der Waals surface area contributed by atoms with Gasteiger partial charge >= 0.3 is 0 Å². The Kier molecular flexibility index (Phi) is 4.59. The first-order chi connectivity index (χ1) is 13.8. The molecule has 0 radical (unpaired) electrons. The number of ether oxygens (including phenoxy) is 1. The zero-order chi connectivity index (χ0) is 20.7. The van der Waals surface area contributed by atoms with Crippen molar-refractivity contribution in [3.8, 4) is 11.5 Å². The molecule has 0 fully saturated rings. The lowest BCUT2D eigenvalue weighted by Gasteiger charge is -2.12. The van der Waals surface area contributed by atoms with Crippen molar-refractivity contribution in [2.45, 2.75) is 25.7 Å². The summed E-state index contributed by atoms with van der Waals surface area (Å²) in [6.07, 6.45) is 2.77. The molecule has 0 aliphatic heterocycles. The fourth-order valence-electron chi connectivity index (χ4n) is 3.67. The molecule has 0 heterocycles. The second-order valence-electron chi connectivity index (χ2n) is 7.29. The summed E-state index contributed by atoms with van der Waals surface area (Å²) in [7, 11) is 0. The summed E-state index contributed by atoms with van der Waals surface area (Å²) in [6.45, 7) is 3.29. The van der Waals surface area contributed by atoms with Crippen LogP contribution >= 0.6 is 0 Å². The number of carbonyl (C=O) groups is 4. The molecule has 5 nitrogen and oxygen atoms in total. The number of hydrogen-bond acceptors (Lipinski definition) is 5.